The van der Waals surface area contributed by atoms with E-state index in [1.807, 2.05) is 0 Å². The predicted octanol–water partition coefficient (Wildman–Crippen LogP) is 5.59. The van der Waals surface area contributed by atoms with Crippen LogP contribution in [0.25, 0.3) is 0 Å². The predicted molar refractivity (Wildman–Crippen MR) is 97.3 cm³/mol. The molecule has 1 rings (SSSR count). The monoisotopic (exact) mass is 406 g/mol. The first-order valence-corrected chi connectivity index (χ1v) is 11.4. The van der Waals surface area contributed by atoms with Gasteiger partial charge >= 0.3 is 5.97 Å². The Kier molecular flexibility index (Phi) is 6.54. The SMILES string of the molecule is CCOC(=O)Cc1cc(Cl)cc(Br)c1O[Si](C)(C)C(C)(C)C. The van der Waals surface area contributed by atoms with Gasteiger partial charge in [-0.1, -0.05) is 32.4 Å². The molecule has 0 aromatic heterocycles. The van der Waals surface area contributed by atoms with Crippen LogP contribution in [0.1, 0.15) is 33.3 Å². The molecule has 22 heavy (non-hydrogen) atoms. The van der Waals surface area contributed by atoms with Gasteiger partial charge in [0, 0.05) is 10.6 Å². The van der Waals surface area contributed by atoms with E-state index in [0.29, 0.717) is 17.4 Å². The van der Waals surface area contributed by atoms with Gasteiger partial charge in [-0.2, -0.15) is 0 Å². The van der Waals surface area contributed by atoms with Gasteiger partial charge in [0.05, 0.1) is 17.5 Å². The van der Waals surface area contributed by atoms with E-state index in [4.69, 9.17) is 20.8 Å². The van der Waals surface area contributed by atoms with Crippen LogP contribution >= 0.6 is 27.5 Å². The molecule has 0 atom stereocenters. The maximum Gasteiger partial charge on any atom is 0.310 e. The number of halogens is 2. The van der Waals surface area contributed by atoms with E-state index in [0.717, 1.165) is 10.0 Å². The lowest BCUT2D eigenvalue weighted by molar-refractivity contribution is -0.142. The molecule has 0 saturated heterocycles. The van der Waals surface area contributed by atoms with Crippen LogP contribution in [-0.2, 0) is 16.0 Å². The molecular formula is C16H24BrClO3Si. The fraction of sp³-hybridized carbons (Fsp3) is 0.562. The third-order valence-corrected chi connectivity index (χ3v) is 9.02. The van der Waals surface area contributed by atoms with E-state index < -0.39 is 8.32 Å². The van der Waals surface area contributed by atoms with Crippen molar-refractivity contribution in [3.8, 4) is 5.75 Å². The van der Waals surface area contributed by atoms with Crippen LogP contribution < -0.4 is 4.43 Å². The second-order valence-corrected chi connectivity index (χ2v) is 12.7. The average Bonchev–Trinajstić information content (AvgIpc) is 2.32. The summed E-state index contributed by atoms with van der Waals surface area (Å²) in [4.78, 5) is 11.8. The highest BCUT2D eigenvalue weighted by Crippen LogP contribution is 2.41. The number of hydrogen-bond donors (Lipinski definition) is 0. The van der Waals surface area contributed by atoms with E-state index in [1.165, 1.54) is 0 Å². The summed E-state index contributed by atoms with van der Waals surface area (Å²) >= 11 is 9.62. The molecule has 1 aromatic rings. The lowest BCUT2D eigenvalue weighted by Crippen LogP contribution is -2.44. The van der Waals surface area contributed by atoms with Crippen molar-refractivity contribution in [3.63, 3.8) is 0 Å². The second kappa shape index (κ2) is 7.36. The molecule has 0 heterocycles. The van der Waals surface area contributed by atoms with Crippen LogP contribution in [0.4, 0.5) is 0 Å². The van der Waals surface area contributed by atoms with Gasteiger partial charge in [0.25, 0.3) is 8.32 Å². The molecule has 0 N–H and O–H groups in total. The first kappa shape index (κ1) is 19.5. The third-order valence-electron chi connectivity index (χ3n) is 3.89. The lowest BCUT2D eigenvalue weighted by atomic mass is 10.1. The zero-order valence-electron chi connectivity index (χ0n) is 14.0. The first-order chi connectivity index (χ1) is 9.98. The van der Waals surface area contributed by atoms with Crippen molar-refractivity contribution < 1.29 is 14.0 Å². The summed E-state index contributed by atoms with van der Waals surface area (Å²) in [7, 11) is -2.02. The Morgan fingerprint density at radius 1 is 1.32 bits per heavy atom. The number of ether oxygens (including phenoxy) is 1. The smallest absolute Gasteiger partial charge is 0.310 e. The van der Waals surface area contributed by atoms with Gasteiger partial charge in [-0.05, 0) is 53.1 Å². The minimum atomic E-state index is -2.02. The summed E-state index contributed by atoms with van der Waals surface area (Å²) < 4.78 is 12.2. The van der Waals surface area contributed by atoms with Crippen molar-refractivity contribution in [3.05, 3.63) is 27.2 Å². The molecule has 1 aromatic carbocycles. The normalized spacial score (nSPS) is 12.2. The number of carbonyl (C=O) groups is 1. The standard InChI is InChI=1S/C16H24BrClO3Si/c1-7-20-14(19)9-11-8-12(18)10-13(17)15(11)21-22(5,6)16(2,3)4/h8,10H,7,9H2,1-6H3. The van der Waals surface area contributed by atoms with Crippen molar-refractivity contribution in [2.75, 3.05) is 6.61 Å². The number of benzene rings is 1. The summed E-state index contributed by atoms with van der Waals surface area (Å²) in [6.07, 6.45) is 0.150. The van der Waals surface area contributed by atoms with Gasteiger partial charge in [-0.3, -0.25) is 4.79 Å². The molecule has 0 spiro atoms. The fourth-order valence-electron chi connectivity index (χ4n) is 1.64. The van der Waals surface area contributed by atoms with Gasteiger partial charge in [0.2, 0.25) is 0 Å². The maximum absolute atomic E-state index is 11.8. The molecule has 0 amide bonds. The van der Waals surface area contributed by atoms with Gasteiger partial charge < -0.3 is 9.16 Å². The van der Waals surface area contributed by atoms with Crippen LogP contribution in [0.15, 0.2) is 16.6 Å². The van der Waals surface area contributed by atoms with Crippen molar-refractivity contribution in [1.29, 1.82) is 0 Å². The highest BCUT2D eigenvalue weighted by Gasteiger charge is 2.40. The van der Waals surface area contributed by atoms with E-state index in [9.17, 15) is 4.79 Å². The lowest BCUT2D eigenvalue weighted by Gasteiger charge is -2.37. The second-order valence-electron chi connectivity index (χ2n) is 6.72. The first-order valence-electron chi connectivity index (χ1n) is 7.30. The van der Waals surface area contributed by atoms with Crippen molar-refractivity contribution >= 4 is 41.8 Å². The Morgan fingerprint density at radius 3 is 2.41 bits per heavy atom. The van der Waals surface area contributed by atoms with Crippen molar-refractivity contribution in [1.82, 2.24) is 0 Å². The summed E-state index contributed by atoms with van der Waals surface area (Å²) in [6.45, 7) is 13.0. The molecule has 124 valence electrons. The fourth-order valence-corrected chi connectivity index (χ4v) is 3.80. The van der Waals surface area contributed by atoms with Crippen LogP contribution in [0, 0.1) is 0 Å². The Bertz CT molecular complexity index is 553. The Labute approximate surface area is 147 Å². The van der Waals surface area contributed by atoms with E-state index >= 15 is 0 Å². The number of hydrogen-bond acceptors (Lipinski definition) is 3. The zero-order valence-corrected chi connectivity index (χ0v) is 17.4. The number of esters is 1. The molecule has 0 aliphatic rings. The summed E-state index contributed by atoms with van der Waals surface area (Å²) in [5.41, 5.74) is 0.752. The van der Waals surface area contributed by atoms with E-state index in [1.54, 1.807) is 19.1 Å². The Balaban J connectivity index is 3.20. The molecule has 0 saturated carbocycles. The number of carbonyl (C=O) groups excluding carboxylic acids is 1. The molecule has 0 radical (unpaired) electrons. The Hall–Kier alpha value is -0.523. The quantitative estimate of drug-likeness (QED) is 0.471. The third kappa shape index (κ3) is 5.00. The molecule has 0 bridgehead atoms. The minimum Gasteiger partial charge on any atom is -0.543 e. The number of rotatable bonds is 5. The summed E-state index contributed by atoms with van der Waals surface area (Å²) in [5, 5.41) is 0.626. The molecule has 0 fully saturated rings. The van der Waals surface area contributed by atoms with Gasteiger partial charge in [-0.25, -0.2) is 0 Å². The molecule has 0 unspecified atom stereocenters. The van der Waals surface area contributed by atoms with Crippen molar-refractivity contribution in [2.24, 2.45) is 0 Å². The van der Waals surface area contributed by atoms with E-state index in [2.05, 4.69) is 49.8 Å². The summed E-state index contributed by atoms with van der Waals surface area (Å²) in [6, 6.07) is 3.56. The topological polar surface area (TPSA) is 35.5 Å². The average molecular weight is 408 g/mol. The van der Waals surface area contributed by atoms with Crippen LogP contribution in [0.2, 0.25) is 23.2 Å². The van der Waals surface area contributed by atoms with Crippen LogP contribution in [-0.4, -0.2) is 20.9 Å². The van der Waals surface area contributed by atoms with Crippen LogP contribution in [0.5, 0.6) is 5.75 Å². The van der Waals surface area contributed by atoms with Gasteiger partial charge in [-0.15, -0.1) is 0 Å². The highest BCUT2D eigenvalue weighted by atomic mass is 79.9. The molecule has 6 heteroatoms. The van der Waals surface area contributed by atoms with E-state index in [-0.39, 0.29) is 17.4 Å². The molecular weight excluding hydrogens is 384 g/mol. The molecule has 0 aliphatic heterocycles. The Morgan fingerprint density at radius 2 is 1.91 bits per heavy atom. The highest BCUT2D eigenvalue weighted by molar-refractivity contribution is 9.10. The van der Waals surface area contributed by atoms with Gasteiger partial charge in [0.15, 0.2) is 0 Å². The largest absolute Gasteiger partial charge is 0.543 e. The molecule has 0 aliphatic carbocycles. The van der Waals surface area contributed by atoms with Gasteiger partial charge in [0.1, 0.15) is 5.75 Å². The zero-order chi connectivity index (χ0) is 17.1. The van der Waals surface area contributed by atoms with Crippen molar-refractivity contribution in [2.45, 2.75) is 52.2 Å². The maximum atomic E-state index is 11.8. The minimum absolute atomic E-state index is 0.0628. The summed E-state index contributed by atoms with van der Waals surface area (Å²) in [5.74, 6) is 0.417. The molecule has 3 nitrogen and oxygen atoms in total. The van der Waals surface area contributed by atoms with Crippen LogP contribution in [0.3, 0.4) is 0 Å².